The molecule has 102 valence electrons. The molecule has 0 bridgehead atoms. The summed E-state index contributed by atoms with van der Waals surface area (Å²) in [4.78, 5) is 23.1. The Labute approximate surface area is 112 Å². The third kappa shape index (κ3) is 4.37. The van der Waals surface area contributed by atoms with E-state index in [0.29, 0.717) is 13.1 Å². The van der Waals surface area contributed by atoms with Crippen molar-refractivity contribution in [1.29, 1.82) is 0 Å². The van der Waals surface area contributed by atoms with Crippen LogP contribution in [0, 0.1) is 0 Å². The Kier molecular flexibility index (Phi) is 4.92. The smallest absolute Gasteiger partial charge is 0.309 e. The van der Waals surface area contributed by atoms with Crippen molar-refractivity contribution in [1.82, 2.24) is 10.6 Å². The molecule has 1 aromatic carbocycles. The Balaban J connectivity index is 1.68. The topological polar surface area (TPSA) is 67.4 Å². The van der Waals surface area contributed by atoms with E-state index in [1.807, 2.05) is 30.3 Å². The second-order valence-electron chi connectivity index (χ2n) is 4.51. The van der Waals surface area contributed by atoms with Gasteiger partial charge in [0.1, 0.15) is 0 Å². The van der Waals surface area contributed by atoms with E-state index >= 15 is 0 Å². The van der Waals surface area contributed by atoms with E-state index in [1.165, 1.54) is 0 Å². The highest BCUT2D eigenvalue weighted by atomic mass is 16.5. The molecule has 1 aliphatic heterocycles. The minimum absolute atomic E-state index is 0.0471. The molecule has 19 heavy (non-hydrogen) atoms. The lowest BCUT2D eigenvalue weighted by Gasteiger charge is -2.10. The Morgan fingerprint density at radius 2 is 1.89 bits per heavy atom. The summed E-state index contributed by atoms with van der Waals surface area (Å²) in [7, 11) is 0. The fraction of sp³-hybridized carbons (Fsp3) is 0.429. The van der Waals surface area contributed by atoms with Crippen LogP contribution in [-0.2, 0) is 20.9 Å². The lowest BCUT2D eigenvalue weighted by molar-refractivity contribution is -0.139. The first-order valence-electron chi connectivity index (χ1n) is 6.47. The molecule has 1 atom stereocenters. The van der Waals surface area contributed by atoms with Crippen molar-refractivity contribution in [2.75, 3.05) is 13.2 Å². The summed E-state index contributed by atoms with van der Waals surface area (Å²) < 4.78 is 5.37. The summed E-state index contributed by atoms with van der Waals surface area (Å²) >= 11 is 0. The zero-order valence-corrected chi connectivity index (χ0v) is 10.7. The van der Waals surface area contributed by atoms with Crippen molar-refractivity contribution in [3.05, 3.63) is 35.9 Å². The Hall–Kier alpha value is -1.88. The van der Waals surface area contributed by atoms with Crippen LogP contribution in [0.4, 0.5) is 0 Å². The molecule has 1 saturated heterocycles. The van der Waals surface area contributed by atoms with Gasteiger partial charge in [0.05, 0.1) is 6.10 Å². The number of nitrogens with one attached hydrogen (secondary N) is 2. The number of carbonyl (C=O) groups excluding carboxylic acids is 2. The molecule has 1 fully saturated rings. The number of hydrogen-bond donors (Lipinski definition) is 2. The van der Waals surface area contributed by atoms with Crippen LogP contribution < -0.4 is 10.6 Å². The molecule has 2 amide bonds. The fourth-order valence-electron chi connectivity index (χ4n) is 1.95. The van der Waals surface area contributed by atoms with Crippen molar-refractivity contribution in [3.63, 3.8) is 0 Å². The van der Waals surface area contributed by atoms with E-state index < -0.39 is 11.8 Å². The van der Waals surface area contributed by atoms with Crippen molar-refractivity contribution in [2.45, 2.75) is 25.5 Å². The minimum Gasteiger partial charge on any atom is -0.376 e. The van der Waals surface area contributed by atoms with Gasteiger partial charge in [-0.05, 0) is 18.4 Å². The summed E-state index contributed by atoms with van der Waals surface area (Å²) in [5.74, 6) is -1.21. The molecular formula is C14H18N2O3. The van der Waals surface area contributed by atoms with E-state index in [2.05, 4.69) is 10.6 Å². The quantitative estimate of drug-likeness (QED) is 0.781. The molecule has 5 heteroatoms. The molecular weight excluding hydrogens is 244 g/mol. The van der Waals surface area contributed by atoms with Gasteiger partial charge >= 0.3 is 11.8 Å². The Bertz CT molecular complexity index is 428. The monoisotopic (exact) mass is 262 g/mol. The molecule has 1 unspecified atom stereocenters. The number of carbonyl (C=O) groups is 2. The molecule has 1 heterocycles. The maximum absolute atomic E-state index is 11.6. The van der Waals surface area contributed by atoms with E-state index in [-0.39, 0.29) is 6.10 Å². The summed E-state index contributed by atoms with van der Waals surface area (Å²) in [6.45, 7) is 1.49. The number of rotatable bonds is 4. The van der Waals surface area contributed by atoms with E-state index in [9.17, 15) is 9.59 Å². The van der Waals surface area contributed by atoms with Gasteiger partial charge in [-0.15, -0.1) is 0 Å². The SMILES string of the molecule is O=C(NCc1ccccc1)C(=O)NCC1CCCO1. The van der Waals surface area contributed by atoms with Crippen LogP contribution in [0.15, 0.2) is 30.3 Å². The second kappa shape index (κ2) is 6.89. The molecule has 2 rings (SSSR count). The lowest BCUT2D eigenvalue weighted by atomic mass is 10.2. The normalized spacial score (nSPS) is 18.0. The van der Waals surface area contributed by atoms with E-state index in [1.54, 1.807) is 0 Å². The van der Waals surface area contributed by atoms with Gasteiger partial charge in [-0.2, -0.15) is 0 Å². The van der Waals surface area contributed by atoms with Gasteiger partial charge in [0.2, 0.25) is 0 Å². The van der Waals surface area contributed by atoms with Crippen LogP contribution in [0.25, 0.3) is 0 Å². The molecule has 1 aromatic rings. The van der Waals surface area contributed by atoms with E-state index in [4.69, 9.17) is 4.74 Å². The minimum atomic E-state index is -0.609. The Morgan fingerprint density at radius 1 is 1.16 bits per heavy atom. The molecule has 2 N–H and O–H groups in total. The molecule has 1 aliphatic rings. The molecule has 0 aliphatic carbocycles. The van der Waals surface area contributed by atoms with Gasteiger partial charge in [-0.1, -0.05) is 30.3 Å². The average Bonchev–Trinajstić information content (AvgIpc) is 2.96. The highest BCUT2D eigenvalue weighted by molar-refractivity contribution is 6.35. The summed E-state index contributed by atoms with van der Waals surface area (Å²) in [6.07, 6.45) is 2.00. The predicted octanol–water partition coefficient (Wildman–Crippen LogP) is 0.598. The number of benzene rings is 1. The highest BCUT2D eigenvalue weighted by Gasteiger charge is 2.18. The number of amides is 2. The molecule has 5 nitrogen and oxygen atoms in total. The maximum atomic E-state index is 11.6. The van der Waals surface area contributed by atoms with Crippen LogP contribution in [0.2, 0.25) is 0 Å². The van der Waals surface area contributed by atoms with Crippen LogP contribution in [0.5, 0.6) is 0 Å². The highest BCUT2D eigenvalue weighted by Crippen LogP contribution is 2.10. The zero-order chi connectivity index (χ0) is 13.5. The molecule has 0 aromatic heterocycles. The predicted molar refractivity (Wildman–Crippen MR) is 70.3 cm³/mol. The van der Waals surface area contributed by atoms with Gasteiger partial charge in [-0.3, -0.25) is 9.59 Å². The summed E-state index contributed by atoms with van der Waals surface area (Å²) in [5.41, 5.74) is 0.961. The van der Waals surface area contributed by atoms with Gasteiger partial charge in [0.25, 0.3) is 0 Å². The van der Waals surface area contributed by atoms with Gasteiger partial charge in [-0.25, -0.2) is 0 Å². The average molecular weight is 262 g/mol. The van der Waals surface area contributed by atoms with Crippen molar-refractivity contribution < 1.29 is 14.3 Å². The van der Waals surface area contributed by atoms with Gasteiger partial charge in [0, 0.05) is 19.7 Å². The second-order valence-corrected chi connectivity index (χ2v) is 4.51. The molecule has 0 radical (unpaired) electrons. The largest absolute Gasteiger partial charge is 0.376 e. The van der Waals surface area contributed by atoms with Crippen LogP contribution >= 0.6 is 0 Å². The standard InChI is InChI=1S/C14H18N2O3/c17-13(15-9-11-5-2-1-3-6-11)14(18)16-10-12-7-4-8-19-12/h1-3,5-6,12H,4,7-10H2,(H,15,17)(H,16,18). The molecule has 0 spiro atoms. The van der Waals surface area contributed by atoms with Crippen molar-refractivity contribution >= 4 is 11.8 Å². The zero-order valence-electron chi connectivity index (χ0n) is 10.7. The first-order valence-corrected chi connectivity index (χ1v) is 6.47. The van der Waals surface area contributed by atoms with E-state index in [0.717, 1.165) is 25.0 Å². The van der Waals surface area contributed by atoms with Crippen molar-refractivity contribution in [3.8, 4) is 0 Å². The third-order valence-electron chi connectivity index (χ3n) is 3.02. The summed E-state index contributed by atoms with van der Waals surface area (Å²) in [6, 6.07) is 9.47. The number of ether oxygens (including phenoxy) is 1. The van der Waals surface area contributed by atoms with Crippen LogP contribution in [0.3, 0.4) is 0 Å². The molecule has 0 saturated carbocycles. The van der Waals surface area contributed by atoms with Crippen LogP contribution in [0.1, 0.15) is 18.4 Å². The first-order chi connectivity index (χ1) is 9.25. The third-order valence-corrected chi connectivity index (χ3v) is 3.02. The Morgan fingerprint density at radius 3 is 2.58 bits per heavy atom. The summed E-state index contributed by atoms with van der Waals surface area (Å²) in [5, 5.41) is 5.17. The van der Waals surface area contributed by atoms with Gasteiger partial charge in [0.15, 0.2) is 0 Å². The fourth-order valence-corrected chi connectivity index (χ4v) is 1.95. The lowest BCUT2D eigenvalue weighted by Crippen LogP contribution is -2.42. The first kappa shape index (κ1) is 13.5. The maximum Gasteiger partial charge on any atom is 0.309 e. The van der Waals surface area contributed by atoms with Gasteiger partial charge < -0.3 is 15.4 Å². The van der Waals surface area contributed by atoms with Crippen LogP contribution in [-0.4, -0.2) is 31.1 Å². The number of hydrogen-bond acceptors (Lipinski definition) is 3. The van der Waals surface area contributed by atoms with Crippen molar-refractivity contribution in [2.24, 2.45) is 0 Å².